The van der Waals surface area contributed by atoms with Gasteiger partial charge in [-0.05, 0) is 31.3 Å². The number of hydrogen-bond donors (Lipinski definition) is 3. The lowest BCUT2D eigenvalue weighted by Crippen LogP contribution is -2.19. The molecule has 4 rings (SSSR count). The van der Waals surface area contributed by atoms with Crippen molar-refractivity contribution < 1.29 is 8.42 Å². The van der Waals surface area contributed by atoms with Gasteiger partial charge < -0.3 is 10.2 Å². The molecule has 3 aromatic heterocycles. The number of sulfonamides is 1. The van der Waals surface area contributed by atoms with Crippen molar-refractivity contribution in [3.05, 3.63) is 36.8 Å². The van der Waals surface area contributed by atoms with Gasteiger partial charge in [-0.15, -0.1) is 0 Å². The monoisotopic (exact) mass is 427 g/mol. The van der Waals surface area contributed by atoms with Crippen LogP contribution in [0.5, 0.6) is 0 Å². The van der Waals surface area contributed by atoms with E-state index in [1.165, 1.54) is 13.4 Å². The third-order valence-corrected chi connectivity index (χ3v) is 6.12. The Balaban J connectivity index is 1.88. The van der Waals surface area contributed by atoms with Crippen molar-refractivity contribution >= 4 is 38.2 Å². The largest absolute Gasteiger partial charge is 0.376 e. The van der Waals surface area contributed by atoms with Crippen LogP contribution in [-0.4, -0.2) is 59.5 Å². The molecule has 12 heteroatoms. The molecule has 1 aromatic carbocycles. The lowest BCUT2D eigenvalue weighted by Gasteiger charge is -2.19. The Morgan fingerprint density at radius 2 is 1.97 bits per heavy atom. The van der Waals surface area contributed by atoms with Gasteiger partial charge in [-0.1, -0.05) is 0 Å². The summed E-state index contributed by atoms with van der Waals surface area (Å²) >= 11 is 0. The van der Waals surface area contributed by atoms with E-state index in [1.54, 1.807) is 29.1 Å². The molecule has 0 amide bonds. The average molecular weight is 427 g/mol. The third kappa shape index (κ3) is 3.35. The van der Waals surface area contributed by atoms with Crippen LogP contribution in [-0.2, 0) is 17.1 Å². The van der Waals surface area contributed by atoms with E-state index in [0.29, 0.717) is 28.2 Å². The number of fused-ring (bicyclic) bond motifs is 1. The number of H-pyrrole nitrogens is 1. The van der Waals surface area contributed by atoms with Crippen LogP contribution in [0, 0.1) is 0 Å². The number of nitrogens with one attached hydrogen (secondary N) is 3. The second kappa shape index (κ2) is 7.39. The molecule has 30 heavy (non-hydrogen) atoms. The summed E-state index contributed by atoms with van der Waals surface area (Å²) in [5, 5.41) is 15.4. The van der Waals surface area contributed by atoms with E-state index >= 15 is 0 Å². The molecule has 0 fully saturated rings. The minimum Gasteiger partial charge on any atom is -0.376 e. The van der Waals surface area contributed by atoms with Crippen molar-refractivity contribution in [1.82, 2.24) is 34.7 Å². The van der Waals surface area contributed by atoms with Gasteiger partial charge in [0.15, 0.2) is 5.65 Å². The van der Waals surface area contributed by atoms with Crippen LogP contribution >= 0.6 is 0 Å². The molecule has 0 saturated heterocycles. The number of benzene rings is 1. The van der Waals surface area contributed by atoms with Crippen LogP contribution in [0.15, 0.2) is 41.7 Å². The van der Waals surface area contributed by atoms with Crippen LogP contribution in [0.25, 0.3) is 22.4 Å². The molecule has 3 N–H and O–H groups in total. The van der Waals surface area contributed by atoms with Gasteiger partial charge in [-0.2, -0.15) is 10.2 Å². The molecule has 156 valence electrons. The summed E-state index contributed by atoms with van der Waals surface area (Å²) in [4.78, 5) is 10.6. The first kappa shape index (κ1) is 19.8. The fourth-order valence-electron chi connectivity index (χ4n) is 3.17. The summed E-state index contributed by atoms with van der Waals surface area (Å²) in [5.74, 6) is 0.493. The van der Waals surface area contributed by atoms with Crippen molar-refractivity contribution in [1.29, 1.82) is 0 Å². The van der Waals surface area contributed by atoms with Crippen molar-refractivity contribution in [2.45, 2.75) is 4.90 Å². The Morgan fingerprint density at radius 3 is 2.63 bits per heavy atom. The number of aryl methyl sites for hydroxylation is 1. The molecule has 0 spiro atoms. The Bertz CT molecular complexity index is 1320. The summed E-state index contributed by atoms with van der Waals surface area (Å²) in [6, 6.07) is 6.72. The van der Waals surface area contributed by atoms with E-state index in [1.807, 2.05) is 32.1 Å². The first-order valence-electron chi connectivity index (χ1n) is 9.01. The van der Waals surface area contributed by atoms with E-state index in [4.69, 9.17) is 0 Å². The zero-order valence-corrected chi connectivity index (χ0v) is 17.7. The Hall–Kier alpha value is -3.51. The van der Waals surface area contributed by atoms with Gasteiger partial charge in [0.1, 0.15) is 12.1 Å². The zero-order valence-electron chi connectivity index (χ0n) is 16.9. The number of aromatic nitrogens is 6. The lowest BCUT2D eigenvalue weighted by molar-refractivity contribution is 0.588. The molecule has 0 bridgehead atoms. The highest BCUT2D eigenvalue weighted by Crippen LogP contribution is 2.34. The molecule has 0 radical (unpaired) electrons. The molecule has 0 saturated carbocycles. The van der Waals surface area contributed by atoms with Gasteiger partial charge in [0.05, 0.1) is 33.0 Å². The molecule has 0 aliphatic heterocycles. The van der Waals surface area contributed by atoms with Crippen LogP contribution in [0.2, 0.25) is 0 Å². The van der Waals surface area contributed by atoms with Gasteiger partial charge in [-0.3, -0.25) is 9.78 Å². The van der Waals surface area contributed by atoms with Crippen LogP contribution in [0.3, 0.4) is 0 Å². The third-order valence-electron chi connectivity index (χ3n) is 4.71. The molecule has 4 aromatic rings. The smallest absolute Gasteiger partial charge is 0.240 e. The minimum absolute atomic E-state index is 0.141. The van der Waals surface area contributed by atoms with E-state index in [9.17, 15) is 8.42 Å². The van der Waals surface area contributed by atoms with E-state index in [2.05, 4.69) is 35.3 Å². The lowest BCUT2D eigenvalue weighted by atomic mass is 10.2. The van der Waals surface area contributed by atoms with Crippen LogP contribution in [0.1, 0.15) is 0 Å². The molecular weight excluding hydrogens is 406 g/mol. The van der Waals surface area contributed by atoms with Crippen molar-refractivity contribution in [2.24, 2.45) is 7.05 Å². The Labute approximate surface area is 173 Å². The maximum absolute atomic E-state index is 12.3. The number of anilines is 3. The highest BCUT2D eigenvalue weighted by molar-refractivity contribution is 7.89. The molecule has 3 heterocycles. The topological polar surface area (TPSA) is 134 Å². The quantitative estimate of drug-likeness (QED) is 0.421. The van der Waals surface area contributed by atoms with Gasteiger partial charge in [0.25, 0.3) is 0 Å². The maximum atomic E-state index is 12.3. The summed E-state index contributed by atoms with van der Waals surface area (Å²) in [6.07, 6.45) is 3.09. The second-order valence-electron chi connectivity index (χ2n) is 6.77. The summed E-state index contributed by atoms with van der Waals surface area (Å²) in [5.41, 5.74) is 3.37. The fourth-order valence-corrected chi connectivity index (χ4v) is 3.93. The van der Waals surface area contributed by atoms with Crippen LogP contribution in [0.4, 0.5) is 17.2 Å². The first-order valence-corrected chi connectivity index (χ1v) is 10.5. The maximum Gasteiger partial charge on any atom is 0.240 e. The predicted molar refractivity (Wildman–Crippen MR) is 114 cm³/mol. The number of rotatable bonds is 6. The van der Waals surface area contributed by atoms with E-state index in [-0.39, 0.29) is 4.90 Å². The Kier molecular flexibility index (Phi) is 4.87. The van der Waals surface area contributed by atoms with Gasteiger partial charge in [0, 0.05) is 27.3 Å². The van der Waals surface area contributed by atoms with Crippen molar-refractivity contribution in [3.8, 4) is 11.4 Å². The number of nitrogens with zero attached hydrogens (tertiary/aromatic N) is 6. The summed E-state index contributed by atoms with van der Waals surface area (Å²) in [6.45, 7) is 0. The zero-order chi connectivity index (χ0) is 21.5. The second-order valence-corrected chi connectivity index (χ2v) is 8.65. The number of hydrogen-bond acceptors (Lipinski definition) is 8. The fraction of sp³-hybridized carbons (Fsp3) is 0.222. The van der Waals surface area contributed by atoms with E-state index in [0.717, 1.165) is 11.4 Å². The Morgan fingerprint density at radius 1 is 1.17 bits per heavy atom. The molecule has 0 aliphatic rings. The normalized spacial score (nSPS) is 11.7. The van der Waals surface area contributed by atoms with Gasteiger partial charge in [0.2, 0.25) is 10.0 Å². The summed E-state index contributed by atoms with van der Waals surface area (Å²) in [7, 11) is 3.35. The highest BCUT2D eigenvalue weighted by Gasteiger charge is 2.19. The molecule has 0 unspecified atom stereocenters. The molecule has 0 aliphatic carbocycles. The molecule has 0 atom stereocenters. The minimum atomic E-state index is -3.61. The molecular formula is C18H21N9O2S. The van der Waals surface area contributed by atoms with Crippen LogP contribution < -0.4 is 14.9 Å². The van der Waals surface area contributed by atoms with Gasteiger partial charge >= 0.3 is 0 Å². The molecule has 11 nitrogen and oxygen atoms in total. The predicted octanol–water partition coefficient (Wildman–Crippen LogP) is 1.47. The SMILES string of the molecule is CNS(=O)(=O)c1ccc(N(C)C)c(Nc2ncnc3n[nH]c(-c4ccnn4C)c23)c1. The number of aromatic amines is 1. The highest BCUT2D eigenvalue weighted by atomic mass is 32.2. The average Bonchev–Trinajstić information content (AvgIpc) is 3.34. The first-order chi connectivity index (χ1) is 14.3. The van der Waals surface area contributed by atoms with Gasteiger partial charge in [-0.25, -0.2) is 23.1 Å². The summed E-state index contributed by atoms with van der Waals surface area (Å²) < 4.78 is 28.7. The van der Waals surface area contributed by atoms with Crippen molar-refractivity contribution in [2.75, 3.05) is 31.4 Å². The van der Waals surface area contributed by atoms with Crippen molar-refractivity contribution in [3.63, 3.8) is 0 Å². The standard InChI is InChI=1S/C18H21N9O2S/c1-19-30(28,29)11-5-6-13(26(2)3)12(9-11)23-17-15-16(14-7-8-22-27(14)4)24-25-18(15)21-10-20-17/h5-10,19H,1-4H3,(H2,20,21,23,24,25). The van der Waals surface area contributed by atoms with E-state index < -0.39 is 10.0 Å².